The molecule has 1 aromatic heterocycles. The largest absolute Gasteiger partial charge is 0.424 e. The maximum atomic E-state index is 10.9. The number of hydrogen-bond donors (Lipinski definition) is 3. The number of aromatic amines is 1. The van der Waals surface area contributed by atoms with E-state index < -0.39 is 5.69 Å². The number of nitrogens with one attached hydrogen (secondary N) is 1. The first kappa shape index (κ1) is 6.78. The molecule has 0 spiro atoms. The molecule has 0 saturated heterocycles. The summed E-state index contributed by atoms with van der Waals surface area (Å²) in [6.07, 6.45) is 0. The minimum Gasteiger partial charge on any atom is -0.424 e. The molecule has 0 atom stereocenters. The normalized spacial score (nSPS) is 10.7. The Morgan fingerprint density at radius 2 is 2.25 bits per heavy atom. The van der Waals surface area contributed by atoms with Crippen LogP contribution < -0.4 is 11.4 Å². The maximum Gasteiger partial charge on any atom is 0.359 e. The summed E-state index contributed by atoms with van der Waals surface area (Å²) in [5.74, 6) is 0. The summed E-state index contributed by atoms with van der Waals surface area (Å²) in [4.78, 5) is 13.3. The van der Waals surface area contributed by atoms with Crippen LogP contribution in [0.25, 0.3) is 11.0 Å². The molecule has 0 saturated carbocycles. The molecule has 62 valence electrons. The Balaban J connectivity index is 3.05. The third kappa shape index (κ3) is 0.701. The number of imidazole rings is 1. The topological polar surface area (TPSA) is 84.0 Å². The van der Waals surface area contributed by atoms with Crippen LogP contribution in [0.1, 0.15) is 0 Å². The molecule has 0 bridgehead atoms. The van der Waals surface area contributed by atoms with Crippen molar-refractivity contribution in [2.24, 2.45) is 0 Å². The van der Waals surface area contributed by atoms with E-state index in [4.69, 9.17) is 10.9 Å². The highest BCUT2D eigenvalue weighted by atomic mass is 16.5. The molecule has 5 heteroatoms. The summed E-state index contributed by atoms with van der Waals surface area (Å²) in [5, 5.41) is 9.14. The van der Waals surface area contributed by atoms with Crippen LogP contribution in [-0.4, -0.2) is 14.9 Å². The van der Waals surface area contributed by atoms with Gasteiger partial charge in [-0.3, -0.25) is 0 Å². The number of hydrogen-bond acceptors (Lipinski definition) is 3. The number of nitrogens with zero attached hydrogens (tertiary/aromatic N) is 1. The molecule has 0 aliphatic rings. The van der Waals surface area contributed by atoms with Crippen molar-refractivity contribution < 1.29 is 5.21 Å². The van der Waals surface area contributed by atoms with Gasteiger partial charge in [-0.15, -0.1) is 4.73 Å². The van der Waals surface area contributed by atoms with Crippen molar-refractivity contribution in [2.45, 2.75) is 0 Å². The second-order valence-corrected chi connectivity index (χ2v) is 2.48. The number of rotatable bonds is 0. The van der Waals surface area contributed by atoms with Gasteiger partial charge in [-0.05, 0) is 12.1 Å². The summed E-state index contributed by atoms with van der Waals surface area (Å²) in [6, 6.07) is 4.92. The molecule has 0 aliphatic carbocycles. The van der Waals surface area contributed by atoms with E-state index in [-0.39, 0.29) is 0 Å². The van der Waals surface area contributed by atoms with E-state index in [9.17, 15) is 4.79 Å². The van der Waals surface area contributed by atoms with E-state index in [1.165, 1.54) is 0 Å². The molecule has 0 amide bonds. The average Bonchev–Trinajstić information content (AvgIpc) is 2.32. The maximum absolute atomic E-state index is 10.9. The zero-order valence-corrected chi connectivity index (χ0v) is 6.11. The molecule has 1 heterocycles. The SMILES string of the molecule is Nc1cccc2c1[nH]c(=O)n2O. The van der Waals surface area contributed by atoms with Crippen LogP contribution in [0, 0.1) is 0 Å². The molecule has 1 aromatic carbocycles. The monoisotopic (exact) mass is 165 g/mol. The van der Waals surface area contributed by atoms with E-state index in [1.54, 1.807) is 18.2 Å². The second kappa shape index (κ2) is 2.04. The Bertz CT molecular complexity index is 483. The zero-order chi connectivity index (χ0) is 8.72. The number of fused-ring (bicyclic) bond motifs is 1. The highest BCUT2D eigenvalue weighted by molar-refractivity contribution is 5.86. The van der Waals surface area contributed by atoms with Crippen LogP contribution in [0.2, 0.25) is 0 Å². The molecule has 0 fully saturated rings. The van der Waals surface area contributed by atoms with Crippen molar-refractivity contribution >= 4 is 16.7 Å². The van der Waals surface area contributed by atoms with Gasteiger partial charge in [0.2, 0.25) is 0 Å². The van der Waals surface area contributed by atoms with Crippen LogP contribution in [0.4, 0.5) is 5.69 Å². The second-order valence-electron chi connectivity index (χ2n) is 2.48. The Morgan fingerprint density at radius 1 is 1.50 bits per heavy atom. The summed E-state index contributed by atoms with van der Waals surface area (Å²) >= 11 is 0. The third-order valence-corrected chi connectivity index (χ3v) is 1.73. The Hall–Kier alpha value is -1.91. The van der Waals surface area contributed by atoms with Crippen molar-refractivity contribution in [2.75, 3.05) is 5.73 Å². The van der Waals surface area contributed by atoms with Gasteiger partial charge in [0, 0.05) is 0 Å². The van der Waals surface area contributed by atoms with Crippen molar-refractivity contribution in [1.29, 1.82) is 0 Å². The standard InChI is InChI=1S/C7H7N3O2/c8-4-2-1-3-5-6(4)9-7(11)10(5)12/h1-3,12H,8H2,(H,9,11). The Labute approximate surface area is 67.0 Å². The minimum absolute atomic E-state index is 0.389. The van der Waals surface area contributed by atoms with Gasteiger partial charge < -0.3 is 15.9 Å². The van der Waals surface area contributed by atoms with E-state index in [1.807, 2.05) is 0 Å². The van der Waals surface area contributed by atoms with E-state index >= 15 is 0 Å². The Morgan fingerprint density at radius 3 is 2.92 bits per heavy atom. The molecule has 0 aliphatic heterocycles. The number of para-hydroxylation sites is 1. The molecule has 12 heavy (non-hydrogen) atoms. The van der Waals surface area contributed by atoms with E-state index in [0.29, 0.717) is 21.5 Å². The lowest BCUT2D eigenvalue weighted by Gasteiger charge is -1.93. The van der Waals surface area contributed by atoms with Crippen LogP contribution in [0.3, 0.4) is 0 Å². The first-order valence-electron chi connectivity index (χ1n) is 3.38. The first-order valence-corrected chi connectivity index (χ1v) is 3.38. The lowest BCUT2D eigenvalue weighted by molar-refractivity contribution is 0.188. The van der Waals surface area contributed by atoms with Crippen LogP contribution in [-0.2, 0) is 0 Å². The predicted octanol–water partition coefficient (Wildman–Crippen LogP) is 0.149. The van der Waals surface area contributed by atoms with Crippen molar-refractivity contribution in [3.8, 4) is 0 Å². The number of anilines is 1. The predicted molar refractivity (Wildman–Crippen MR) is 44.2 cm³/mol. The van der Waals surface area contributed by atoms with Crippen LogP contribution in [0.15, 0.2) is 23.0 Å². The van der Waals surface area contributed by atoms with Gasteiger partial charge in [-0.25, -0.2) is 4.79 Å². The van der Waals surface area contributed by atoms with Crippen molar-refractivity contribution in [3.05, 3.63) is 28.7 Å². The Kier molecular flexibility index (Phi) is 1.15. The molecule has 5 nitrogen and oxygen atoms in total. The zero-order valence-electron chi connectivity index (χ0n) is 6.11. The van der Waals surface area contributed by atoms with Crippen LogP contribution in [0.5, 0.6) is 0 Å². The fraction of sp³-hybridized carbons (Fsp3) is 0. The summed E-state index contributed by atoms with van der Waals surface area (Å²) in [7, 11) is 0. The van der Waals surface area contributed by atoms with Gasteiger partial charge in [0.05, 0.1) is 11.2 Å². The third-order valence-electron chi connectivity index (χ3n) is 1.73. The van der Waals surface area contributed by atoms with Gasteiger partial charge in [0.25, 0.3) is 0 Å². The first-order chi connectivity index (χ1) is 5.70. The number of nitrogen functional groups attached to an aromatic ring is 1. The highest BCUT2D eigenvalue weighted by Crippen LogP contribution is 2.15. The molecule has 2 aromatic rings. The lowest BCUT2D eigenvalue weighted by Crippen LogP contribution is -2.12. The van der Waals surface area contributed by atoms with Crippen LogP contribution >= 0.6 is 0 Å². The molecule has 0 unspecified atom stereocenters. The van der Waals surface area contributed by atoms with E-state index in [0.717, 1.165) is 0 Å². The smallest absolute Gasteiger partial charge is 0.359 e. The summed E-state index contributed by atoms with van der Waals surface area (Å²) in [5.41, 5.74) is 6.26. The molecular formula is C7H7N3O2. The minimum atomic E-state index is -0.581. The van der Waals surface area contributed by atoms with Gasteiger partial charge >= 0.3 is 5.69 Å². The average molecular weight is 165 g/mol. The number of benzene rings is 1. The van der Waals surface area contributed by atoms with Gasteiger partial charge in [0.15, 0.2) is 0 Å². The fourth-order valence-corrected chi connectivity index (χ4v) is 1.14. The number of H-pyrrole nitrogens is 1. The highest BCUT2D eigenvalue weighted by Gasteiger charge is 2.05. The van der Waals surface area contributed by atoms with Gasteiger partial charge in [0.1, 0.15) is 5.52 Å². The van der Waals surface area contributed by atoms with Crippen molar-refractivity contribution in [1.82, 2.24) is 9.71 Å². The molecular weight excluding hydrogens is 158 g/mol. The molecule has 0 radical (unpaired) electrons. The molecule has 2 rings (SSSR count). The lowest BCUT2D eigenvalue weighted by atomic mass is 10.3. The summed E-state index contributed by atoms with van der Waals surface area (Å²) in [6.45, 7) is 0. The fourth-order valence-electron chi connectivity index (χ4n) is 1.14. The summed E-state index contributed by atoms with van der Waals surface area (Å²) < 4.78 is 0.533. The quantitative estimate of drug-likeness (QED) is 0.383. The number of nitrogens with two attached hydrogens (primary N) is 1. The van der Waals surface area contributed by atoms with Gasteiger partial charge in [-0.2, -0.15) is 0 Å². The van der Waals surface area contributed by atoms with Gasteiger partial charge in [-0.1, -0.05) is 6.07 Å². The van der Waals surface area contributed by atoms with Crippen molar-refractivity contribution in [3.63, 3.8) is 0 Å². The molecule has 4 N–H and O–H groups in total. The van der Waals surface area contributed by atoms with E-state index in [2.05, 4.69) is 4.98 Å². The number of aromatic nitrogens is 2.